The maximum absolute atomic E-state index is 11.3. The highest BCUT2D eigenvalue weighted by Gasteiger charge is 2.46. The Labute approximate surface area is 91.4 Å². The van der Waals surface area contributed by atoms with Gasteiger partial charge in [0.2, 0.25) is 0 Å². The molecule has 0 saturated carbocycles. The number of azide groups is 1. The second-order valence-electron chi connectivity index (χ2n) is 3.46. The molecule has 1 saturated heterocycles. The van der Waals surface area contributed by atoms with Crippen molar-refractivity contribution in [1.29, 1.82) is 0 Å². The number of rotatable bonds is 3. The fourth-order valence-corrected chi connectivity index (χ4v) is 1.57. The van der Waals surface area contributed by atoms with Gasteiger partial charge in [-0.05, 0) is 12.5 Å². The highest BCUT2D eigenvalue weighted by molar-refractivity contribution is 5.76. The van der Waals surface area contributed by atoms with Gasteiger partial charge in [-0.3, -0.25) is 4.79 Å². The second-order valence-corrected chi connectivity index (χ2v) is 3.46. The molecule has 90 valence electrons. The summed E-state index contributed by atoms with van der Waals surface area (Å²) in [7, 11) is 1.13. The fraction of sp³-hybridized carbons (Fsp3) is 0.875. The topological polar surface area (TPSA) is 125 Å². The zero-order valence-corrected chi connectivity index (χ0v) is 8.85. The standard InChI is InChI=1S/C8H13N3O5/c1-3-5(12)6(13)7(16-3)4(10-11-9)8(14)15-2/h3-7,12-13H,1-2H3/t3-,4-,5?,6+,7+/m0/s1. The molecule has 1 fully saturated rings. The first-order valence-electron chi connectivity index (χ1n) is 4.66. The maximum atomic E-state index is 11.3. The molecule has 0 aromatic carbocycles. The van der Waals surface area contributed by atoms with Crippen molar-refractivity contribution in [2.24, 2.45) is 5.11 Å². The Bertz CT molecular complexity index is 317. The van der Waals surface area contributed by atoms with Crippen LogP contribution < -0.4 is 0 Å². The van der Waals surface area contributed by atoms with E-state index in [1.54, 1.807) is 0 Å². The van der Waals surface area contributed by atoms with E-state index >= 15 is 0 Å². The average Bonchev–Trinajstić information content (AvgIpc) is 2.53. The third kappa shape index (κ3) is 2.25. The van der Waals surface area contributed by atoms with Crippen LogP contribution in [0.2, 0.25) is 0 Å². The zero-order valence-electron chi connectivity index (χ0n) is 8.85. The van der Waals surface area contributed by atoms with Gasteiger partial charge in [0.15, 0.2) is 6.04 Å². The lowest BCUT2D eigenvalue weighted by molar-refractivity contribution is -0.147. The lowest BCUT2D eigenvalue weighted by Gasteiger charge is -2.19. The second kappa shape index (κ2) is 5.13. The molecule has 0 aromatic rings. The lowest BCUT2D eigenvalue weighted by Crippen LogP contribution is -2.42. The summed E-state index contributed by atoms with van der Waals surface area (Å²) >= 11 is 0. The van der Waals surface area contributed by atoms with Crippen LogP contribution >= 0.6 is 0 Å². The Morgan fingerprint density at radius 3 is 2.56 bits per heavy atom. The predicted molar refractivity (Wildman–Crippen MR) is 51.3 cm³/mol. The van der Waals surface area contributed by atoms with E-state index in [1.807, 2.05) is 0 Å². The van der Waals surface area contributed by atoms with Crippen molar-refractivity contribution in [3.8, 4) is 0 Å². The van der Waals surface area contributed by atoms with E-state index < -0.39 is 36.4 Å². The lowest BCUT2D eigenvalue weighted by atomic mass is 10.0. The zero-order chi connectivity index (χ0) is 12.3. The van der Waals surface area contributed by atoms with E-state index in [0.29, 0.717) is 0 Å². The molecule has 0 bridgehead atoms. The molecule has 1 unspecified atom stereocenters. The molecule has 1 aliphatic heterocycles. The molecule has 1 heterocycles. The van der Waals surface area contributed by atoms with E-state index in [0.717, 1.165) is 7.11 Å². The molecule has 8 heteroatoms. The summed E-state index contributed by atoms with van der Waals surface area (Å²) < 4.78 is 9.58. The van der Waals surface area contributed by atoms with Crippen molar-refractivity contribution in [2.75, 3.05) is 7.11 Å². The first kappa shape index (κ1) is 12.7. The number of esters is 1. The SMILES string of the molecule is COC(=O)[C@@H](N=[N+]=[N-])[C@H]1O[C@@H](C)C(O)[C@H]1O. The fourth-order valence-electron chi connectivity index (χ4n) is 1.57. The van der Waals surface area contributed by atoms with Crippen LogP contribution in [0.5, 0.6) is 0 Å². The molecule has 16 heavy (non-hydrogen) atoms. The van der Waals surface area contributed by atoms with Gasteiger partial charge in [0.1, 0.15) is 18.3 Å². The molecule has 5 atom stereocenters. The first-order valence-corrected chi connectivity index (χ1v) is 4.66. The molecule has 0 aliphatic carbocycles. The quantitative estimate of drug-likeness (QED) is 0.289. The van der Waals surface area contributed by atoms with E-state index in [9.17, 15) is 15.0 Å². The van der Waals surface area contributed by atoms with Crippen LogP contribution in [0.4, 0.5) is 0 Å². The Morgan fingerprint density at radius 1 is 1.56 bits per heavy atom. The number of hydrogen-bond donors (Lipinski definition) is 2. The summed E-state index contributed by atoms with van der Waals surface area (Å²) in [6.07, 6.45) is -4.13. The highest BCUT2D eigenvalue weighted by Crippen LogP contribution is 2.25. The van der Waals surface area contributed by atoms with Gasteiger partial charge in [0.05, 0.1) is 13.2 Å². The summed E-state index contributed by atoms with van der Waals surface area (Å²) in [6, 6.07) is -1.30. The summed E-state index contributed by atoms with van der Waals surface area (Å²) in [4.78, 5) is 13.8. The van der Waals surface area contributed by atoms with Crippen LogP contribution in [0, 0.1) is 0 Å². The van der Waals surface area contributed by atoms with Crippen LogP contribution in [0.15, 0.2) is 5.11 Å². The number of nitrogens with zero attached hydrogens (tertiary/aromatic N) is 3. The molecular weight excluding hydrogens is 218 g/mol. The van der Waals surface area contributed by atoms with Crippen LogP contribution in [0.3, 0.4) is 0 Å². The first-order chi connectivity index (χ1) is 7.52. The third-order valence-electron chi connectivity index (χ3n) is 2.47. The minimum atomic E-state index is -1.30. The van der Waals surface area contributed by atoms with Gasteiger partial charge in [-0.25, -0.2) is 0 Å². The molecule has 0 aromatic heterocycles. The predicted octanol–water partition coefficient (Wildman–Crippen LogP) is -0.653. The van der Waals surface area contributed by atoms with Crippen LogP contribution in [0.25, 0.3) is 10.4 Å². The van der Waals surface area contributed by atoms with Gasteiger partial charge in [0, 0.05) is 4.91 Å². The van der Waals surface area contributed by atoms with Crippen molar-refractivity contribution in [3.63, 3.8) is 0 Å². The van der Waals surface area contributed by atoms with E-state index in [1.165, 1.54) is 6.92 Å². The molecule has 0 spiro atoms. The Kier molecular flexibility index (Phi) is 4.08. The monoisotopic (exact) mass is 231 g/mol. The van der Waals surface area contributed by atoms with Gasteiger partial charge in [-0.1, -0.05) is 5.11 Å². The summed E-state index contributed by atoms with van der Waals surface area (Å²) in [5, 5.41) is 22.3. The minimum Gasteiger partial charge on any atom is -0.469 e. The highest BCUT2D eigenvalue weighted by atomic mass is 16.6. The van der Waals surface area contributed by atoms with Crippen molar-refractivity contribution in [1.82, 2.24) is 0 Å². The van der Waals surface area contributed by atoms with Gasteiger partial charge in [-0.15, -0.1) is 0 Å². The van der Waals surface area contributed by atoms with Crippen LogP contribution in [0.1, 0.15) is 6.92 Å². The molecule has 1 rings (SSSR count). The largest absolute Gasteiger partial charge is 0.469 e. The number of methoxy groups -OCH3 is 1. The van der Waals surface area contributed by atoms with Crippen LogP contribution in [-0.2, 0) is 14.3 Å². The van der Waals surface area contributed by atoms with Crippen molar-refractivity contribution in [3.05, 3.63) is 10.4 Å². The van der Waals surface area contributed by atoms with Crippen molar-refractivity contribution >= 4 is 5.97 Å². The number of carbonyl (C=O) groups excluding carboxylic acids is 1. The number of ether oxygens (including phenoxy) is 2. The Balaban J connectivity index is 2.88. The smallest absolute Gasteiger partial charge is 0.317 e. The number of hydrogen-bond acceptors (Lipinski definition) is 6. The van der Waals surface area contributed by atoms with Crippen LogP contribution in [-0.4, -0.2) is 53.7 Å². The average molecular weight is 231 g/mol. The van der Waals surface area contributed by atoms with E-state index in [-0.39, 0.29) is 0 Å². The van der Waals surface area contributed by atoms with Crippen molar-refractivity contribution in [2.45, 2.75) is 37.4 Å². The van der Waals surface area contributed by atoms with Crippen molar-refractivity contribution < 1.29 is 24.5 Å². The molecule has 8 nitrogen and oxygen atoms in total. The van der Waals surface area contributed by atoms with Gasteiger partial charge < -0.3 is 19.7 Å². The van der Waals surface area contributed by atoms with Gasteiger partial charge in [-0.2, -0.15) is 0 Å². The summed E-state index contributed by atoms with van der Waals surface area (Å²) in [5.41, 5.74) is 8.31. The third-order valence-corrected chi connectivity index (χ3v) is 2.47. The molecule has 1 aliphatic rings. The molecular formula is C8H13N3O5. The number of aliphatic hydroxyl groups excluding tert-OH is 2. The summed E-state index contributed by atoms with van der Waals surface area (Å²) in [5.74, 6) is -0.817. The maximum Gasteiger partial charge on any atom is 0.317 e. The van der Waals surface area contributed by atoms with Gasteiger partial charge in [0.25, 0.3) is 0 Å². The minimum absolute atomic E-state index is 0.638. The normalized spacial score (nSPS) is 35.2. The van der Waals surface area contributed by atoms with Gasteiger partial charge >= 0.3 is 5.97 Å². The number of carbonyl (C=O) groups is 1. The Morgan fingerprint density at radius 2 is 2.19 bits per heavy atom. The molecule has 0 radical (unpaired) electrons. The number of aliphatic hydroxyl groups is 2. The molecule has 2 N–H and O–H groups in total. The van der Waals surface area contributed by atoms with E-state index in [2.05, 4.69) is 14.8 Å². The summed E-state index contributed by atoms with van der Waals surface area (Å²) in [6.45, 7) is 1.54. The van der Waals surface area contributed by atoms with E-state index in [4.69, 9.17) is 10.3 Å². The Hall–Kier alpha value is -1.34. The molecule has 0 amide bonds.